The number of aromatic amines is 1. The number of anilines is 4. The van der Waals surface area contributed by atoms with Crippen molar-refractivity contribution in [3.63, 3.8) is 0 Å². The van der Waals surface area contributed by atoms with Crippen LogP contribution in [0.15, 0.2) is 40.4 Å². The first-order chi connectivity index (χ1) is 15.0. The molecule has 4 rings (SSSR count). The van der Waals surface area contributed by atoms with Gasteiger partial charge in [-0.3, -0.25) is 9.89 Å². The summed E-state index contributed by atoms with van der Waals surface area (Å²) >= 11 is 1.45. The molecule has 3 N–H and O–H groups in total. The molecule has 2 heterocycles. The molecule has 1 aliphatic carbocycles. The maximum atomic E-state index is 11.9. The normalized spacial score (nSPS) is 13.1. The molecule has 0 spiro atoms. The molecule has 1 amide bonds. The van der Waals surface area contributed by atoms with E-state index in [1.54, 1.807) is 0 Å². The predicted molar refractivity (Wildman–Crippen MR) is 122 cm³/mol. The summed E-state index contributed by atoms with van der Waals surface area (Å²) in [5.74, 6) is 2.00. The van der Waals surface area contributed by atoms with Gasteiger partial charge in [-0.1, -0.05) is 0 Å². The number of hydrogen-bond donors (Lipinski definition) is 3. The Morgan fingerprint density at radius 1 is 1.16 bits per heavy atom. The molecule has 31 heavy (non-hydrogen) atoms. The predicted octanol–water partition coefficient (Wildman–Crippen LogP) is 3.99. The Kier molecular flexibility index (Phi) is 6.36. The van der Waals surface area contributed by atoms with Gasteiger partial charge in [0.2, 0.25) is 17.8 Å². The van der Waals surface area contributed by atoms with Crippen LogP contribution in [0.4, 0.5) is 23.4 Å². The molecule has 9 nitrogen and oxygen atoms in total. The maximum Gasteiger partial charge on any atom is 0.234 e. The van der Waals surface area contributed by atoms with Crippen molar-refractivity contribution in [1.82, 2.24) is 25.1 Å². The molecule has 1 aromatic carbocycles. The van der Waals surface area contributed by atoms with Crippen LogP contribution in [-0.2, 0) is 4.79 Å². The Morgan fingerprint density at radius 2 is 1.90 bits per heavy atom. The van der Waals surface area contributed by atoms with E-state index in [9.17, 15) is 4.79 Å². The van der Waals surface area contributed by atoms with E-state index in [-0.39, 0.29) is 11.8 Å². The lowest BCUT2D eigenvalue weighted by Crippen LogP contribution is -2.25. The van der Waals surface area contributed by atoms with Crippen molar-refractivity contribution in [1.29, 1.82) is 0 Å². The third kappa shape index (κ3) is 5.52. The standard InChI is InChI=1S/C21H26N8OS/c1-4-29(5-2)20-24-19(23-17-12-13(3)27-28-17)25-21(26-20)31-16-10-8-15(9-11-16)22-18(30)14-6-7-14/h8-12,14H,4-7H2,1-3H3,(H,22,30)(H2,23,24,25,26,27,28). The van der Waals surface area contributed by atoms with Crippen LogP contribution in [0, 0.1) is 12.8 Å². The molecule has 0 bridgehead atoms. The molecule has 0 aliphatic heterocycles. The summed E-state index contributed by atoms with van der Waals surface area (Å²) in [6.45, 7) is 7.66. The number of aryl methyl sites for hydroxylation is 1. The average Bonchev–Trinajstić information content (AvgIpc) is 3.53. The van der Waals surface area contributed by atoms with E-state index in [0.29, 0.717) is 22.9 Å². The molecule has 1 aliphatic rings. The zero-order valence-electron chi connectivity index (χ0n) is 17.8. The summed E-state index contributed by atoms with van der Waals surface area (Å²) in [4.78, 5) is 28.8. The smallest absolute Gasteiger partial charge is 0.234 e. The van der Waals surface area contributed by atoms with E-state index in [2.05, 4.69) is 54.5 Å². The minimum Gasteiger partial charge on any atom is -0.341 e. The van der Waals surface area contributed by atoms with Gasteiger partial charge < -0.3 is 15.5 Å². The largest absolute Gasteiger partial charge is 0.341 e. The molecule has 3 aromatic rings. The Bertz CT molecular complexity index is 1040. The van der Waals surface area contributed by atoms with Crippen molar-refractivity contribution >= 4 is 41.1 Å². The van der Waals surface area contributed by atoms with Gasteiger partial charge in [0.25, 0.3) is 0 Å². The van der Waals surface area contributed by atoms with E-state index in [1.165, 1.54) is 11.8 Å². The quantitative estimate of drug-likeness (QED) is 0.460. The molecule has 0 radical (unpaired) electrons. The molecule has 1 saturated carbocycles. The summed E-state index contributed by atoms with van der Waals surface area (Å²) < 4.78 is 0. The van der Waals surface area contributed by atoms with Crippen LogP contribution in [0.1, 0.15) is 32.4 Å². The van der Waals surface area contributed by atoms with Gasteiger partial charge in [0, 0.05) is 41.4 Å². The van der Waals surface area contributed by atoms with Gasteiger partial charge in [-0.05, 0) is 69.6 Å². The van der Waals surface area contributed by atoms with Crippen molar-refractivity contribution in [2.45, 2.75) is 43.7 Å². The second-order valence-corrected chi connectivity index (χ2v) is 8.41. The molecule has 0 saturated heterocycles. The highest BCUT2D eigenvalue weighted by Gasteiger charge is 2.29. The number of aromatic nitrogens is 5. The molecular weight excluding hydrogens is 412 g/mol. The number of hydrogen-bond acceptors (Lipinski definition) is 8. The first-order valence-electron chi connectivity index (χ1n) is 10.4. The van der Waals surface area contributed by atoms with Crippen LogP contribution < -0.4 is 15.5 Å². The van der Waals surface area contributed by atoms with E-state index in [1.807, 2.05) is 37.3 Å². The van der Waals surface area contributed by atoms with Crippen molar-refractivity contribution in [3.8, 4) is 0 Å². The molecule has 0 unspecified atom stereocenters. The first-order valence-corrected chi connectivity index (χ1v) is 11.2. The van der Waals surface area contributed by atoms with E-state index >= 15 is 0 Å². The SMILES string of the molecule is CCN(CC)c1nc(Nc2cc(C)[nH]n2)nc(Sc2ccc(NC(=O)C3CC3)cc2)n1. The number of carbonyl (C=O) groups excluding carboxylic acids is 1. The van der Waals surface area contributed by atoms with Crippen LogP contribution in [0.3, 0.4) is 0 Å². The zero-order valence-corrected chi connectivity index (χ0v) is 18.7. The van der Waals surface area contributed by atoms with Crippen LogP contribution in [0.5, 0.6) is 0 Å². The van der Waals surface area contributed by atoms with E-state index in [4.69, 9.17) is 0 Å². The van der Waals surface area contributed by atoms with Gasteiger partial charge in [-0.25, -0.2) is 0 Å². The number of nitrogens with zero attached hydrogens (tertiary/aromatic N) is 5. The van der Waals surface area contributed by atoms with Crippen LogP contribution >= 0.6 is 11.8 Å². The van der Waals surface area contributed by atoms with Gasteiger partial charge >= 0.3 is 0 Å². The zero-order chi connectivity index (χ0) is 21.8. The summed E-state index contributed by atoms with van der Waals surface area (Å²) in [7, 11) is 0. The average molecular weight is 439 g/mol. The fraction of sp³-hybridized carbons (Fsp3) is 0.381. The van der Waals surface area contributed by atoms with Crippen molar-refractivity contribution in [2.24, 2.45) is 5.92 Å². The van der Waals surface area contributed by atoms with Crippen LogP contribution in [0.2, 0.25) is 0 Å². The Labute approximate surface area is 185 Å². The molecule has 0 atom stereocenters. The highest BCUT2D eigenvalue weighted by Crippen LogP contribution is 2.31. The maximum absolute atomic E-state index is 11.9. The summed E-state index contributed by atoms with van der Waals surface area (Å²) in [5.41, 5.74) is 1.75. The third-order valence-electron chi connectivity index (χ3n) is 4.87. The van der Waals surface area contributed by atoms with E-state index in [0.717, 1.165) is 42.2 Å². The molecular formula is C21H26N8OS. The van der Waals surface area contributed by atoms with Gasteiger partial charge in [0.1, 0.15) is 0 Å². The molecule has 2 aromatic heterocycles. The number of carbonyl (C=O) groups is 1. The van der Waals surface area contributed by atoms with Gasteiger partial charge in [-0.15, -0.1) is 0 Å². The summed E-state index contributed by atoms with van der Waals surface area (Å²) in [6, 6.07) is 9.61. The highest BCUT2D eigenvalue weighted by atomic mass is 32.2. The number of H-pyrrole nitrogens is 1. The second kappa shape index (κ2) is 9.34. The third-order valence-corrected chi connectivity index (χ3v) is 5.75. The summed E-state index contributed by atoms with van der Waals surface area (Å²) in [6.07, 6.45) is 1.98. The Hall–Kier alpha value is -3.14. The van der Waals surface area contributed by atoms with Gasteiger partial charge in [0.05, 0.1) is 0 Å². The highest BCUT2D eigenvalue weighted by molar-refractivity contribution is 7.99. The molecule has 10 heteroatoms. The van der Waals surface area contributed by atoms with Crippen molar-refractivity contribution in [2.75, 3.05) is 28.6 Å². The summed E-state index contributed by atoms with van der Waals surface area (Å²) in [5, 5.41) is 13.8. The van der Waals surface area contributed by atoms with Crippen molar-refractivity contribution in [3.05, 3.63) is 36.0 Å². The lowest BCUT2D eigenvalue weighted by atomic mass is 10.3. The fourth-order valence-electron chi connectivity index (χ4n) is 2.99. The lowest BCUT2D eigenvalue weighted by Gasteiger charge is -2.19. The minimum atomic E-state index is 0.103. The number of benzene rings is 1. The number of nitrogens with one attached hydrogen (secondary N) is 3. The Balaban J connectivity index is 1.53. The molecule has 162 valence electrons. The molecule has 1 fully saturated rings. The minimum absolute atomic E-state index is 0.103. The van der Waals surface area contributed by atoms with Crippen LogP contribution in [-0.4, -0.2) is 44.1 Å². The fourth-order valence-corrected chi connectivity index (χ4v) is 3.74. The Morgan fingerprint density at radius 3 is 2.52 bits per heavy atom. The van der Waals surface area contributed by atoms with Gasteiger partial charge in [-0.2, -0.15) is 20.1 Å². The lowest BCUT2D eigenvalue weighted by molar-refractivity contribution is -0.117. The van der Waals surface area contributed by atoms with Crippen LogP contribution in [0.25, 0.3) is 0 Å². The topological polar surface area (TPSA) is 112 Å². The van der Waals surface area contributed by atoms with Crippen molar-refractivity contribution < 1.29 is 4.79 Å². The first kappa shape index (κ1) is 21.1. The second-order valence-electron chi connectivity index (χ2n) is 7.37. The number of amides is 1. The van der Waals surface area contributed by atoms with Gasteiger partial charge in [0.15, 0.2) is 11.0 Å². The monoisotopic (exact) mass is 438 g/mol. The van der Waals surface area contributed by atoms with E-state index < -0.39 is 0 Å². The number of rotatable bonds is 9.